The van der Waals surface area contributed by atoms with Crippen molar-refractivity contribution < 1.29 is 14.4 Å². The molecule has 2 aromatic carbocycles. The third-order valence-electron chi connectivity index (χ3n) is 4.65. The molecule has 0 saturated carbocycles. The van der Waals surface area contributed by atoms with Crippen LogP contribution in [-0.4, -0.2) is 31.0 Å². The van der Waals surface area contributed by atoms with Gasteiger partial charge >= 0.3 is 0 Å². The molecule has 25 heavy (non-hydrogen) atoms. The van der Waals surface area contributed by atoms with Crippen LogP contribution in [0.1, 0.15) is 40.2 Å². The van der Waals surface area contributed by atoms with Crippen molar-refractivity contribution in [1.82, 2.24) is 5.06 Å². The molecule has 0 saturated heterocycles. The second kappa shape index (κ2) is 7.49. The maximum atomic E-state index is 12.7. The van der Waals surface area contributed by atoms with E-state index in [1.54, 1.807) is 31.3 Å². The normalized spacial score (nSPS) is 16.0. The molecule has 5 nitrogen and oxygen atoms in total. The van der Waals surface area contributed by atoms with Gasteiger partial charge in [0.1, 0.15) is 0 Å². The Bertz CT molecular complexity index is 771. The van der Waals surface area contributed by atoms with Gasteiger partial charge in [0.25, 0.3) is 5.91 Å². The molecule has 1 atom stereocenters. The van der Waals surface area contributed by atoms with E-state index in [4.69, 9.17) is 4.84 Å². The predicted molar refractivity (Wildman–Crippen MR) is 96.3 cm³/mol. The van der Waals surface area contributed by atoms with Gasteiger partial charge in [-0.3, -0.25) is 14.4 Å². The van der Waals surface area contributed by atoms with E-state index >= 15 is 0 Å². The summed E-state index contributed by atoms with van der Waals surface area (Å²) in [5, 5.41) is 4.13. The summed E-state index contributed by atoms with van der Waals surface area (Å²) in [6.07, 6.45) is 2.91. The lowest BCUT2D eigenvalue weighted by Gasteiger charge is -2.24. The molecule has 130 valence electrons. The minimum Gasteiger partial charge on any atom is -0.326 e. The minimum atomic E-state index is -0.235. The zero-order chi connectivity index (χ0) is 17.8. The maximum Gasteiger partial charge on any atom is 0.277 e. The molecule has 0 aliphatic heterocycles. The van der Waals surface area contributed by atoms with Crippen LogP contribution in [-0.2, 0) is 16.1 Å². The number of benzene rings is 2. The van der Waals surface area contributed by atoms with Gasteiger partial charge in [0, 0.05) is 18.3 Å². The van der Waals surface area contributed by atoms with E-state index in [1.807, 2.05) is 18.2 Å². The number of rotatable bonds is 4. The Morgan fingerprint density at radius 3 is 2.56 bits per heavy atom. The Kier molecular flexibility index (Phi) is 5.14. The van der Waals surface area contributed by atoms with Crippen LogP contribution >= 0.6 is 0 Å². The second-order valence-corrected chi connectivity index (χ2v) is 6.20. The number of fused-ring (bicyclic) bond motifs is 1. The van der Waals surface area contributed by atoms with Crippen LogP contribution < -0.4 is 5.32 Å². The van der Waals surface area contributed by atoms with Crippen molar-refractivity contribution in [3.05, 3.63) is 65.2 Å². The van der Waals surface area contributed by atoms with Crippen molar-refractivity contribution in [2.75, 3.05) is 19.5 Å². The fraction of sp³-hybridized carbons (Fsp3) is 0.300. The Morgan fingerprint density at radius 1 is 1.12 bits per heavy atom. The first-order valence-electron chi connectivity index (χ1n) is 8.41. The largest absolute Gasteiger partial charge is 0.326 e. The summed E-state index contributed by atoms with van der Waals surface area (Å²) < 4.78 is 0. The van der Waals surface area contributed by atoms with Gasteiger partial charge in [0.05, 0.1) is 13.0 Å². The Balaban J connectivity index is 1.71. The smallest absolute Gasteiger partial charge is 0.277 e. The van der Waals surface area contributed by atoms with Crippen LogP contribution in [0.3, 0.4) is 0 Å². The number of amides is 2. The van der Waals surface area contributed by atoms with Crippen molar-refractivity contribution in [3.8, 4) is 0 Å². The number of carbonyl (C=O) groups excluding carboxylic acids is 2. The van der Waals surface area contributed by atoms with Crippen molar-refractivity contribution in [2.24, 2.45) is 0 Å². The van der Waals surface area contributed by atoms with Crippen LogP contribution in [0.4, 0.5) is 5.69 Å². The van der Waals surface area contributed by atoms with Gasteiger partial charge in [-0.15, -0.1) is 0 Å². The quantitative estimate of drug-likeness (QED) is 0.870. The number of hydrogen-bond donors (Lipinski definition) is 1. The highest BCUT2D eigenvalue weighted by Gasteiger charge is 2.26. The van der Waals surface area contributed by atoms with Gasteiger partial charge in [-0.05, 0) is 54.7 Å². The standard InChI is InChI=1S/C20H22N2O3/c1-22(25-2)20(24)15-10-12-16(13-11-15)21-19(23)18-9-5-7-14-6-3-4-8-17(14)18/h3-4,6,8,10-13,18H,5,7,9H2,1-2H3,(H,21,23). The first-order chi connectivity index (χ1) is 12.1. The third kappa shape index (κ3) is 3.72. The van der Waals surface area contributed by atoms with E-state index in [-0.39, 0.29) is 17.7 Å². The number of carbonyl (C=O) groups is 2. The van der Waals surface area contributed by atoms with Crippen LogP contribution in [0.2, 0.25) is 0 Å². The van der Waals surface area contributed by atoms with E-state index in [0.717, 1.165) is 29.9 Å². The number of hydrogen-bond acceptors (Lipinski definition) is 3. The molecule has 1 aliphatic rings. The topological polar surface area (TPSA) is 58.6 Å². The third-order valence-corrected chi connectivity index (χ3v) is 4.65. The van der Waals surface area contributed by atoms with Gasteiger partial charge in [0.2, 0.25) is 5.91 Å². The average Bonchev–Trinajstić information content (AvgIpc) is 2.66. The average molecular weight is 338 g/mol. The summed E-state index contributed by atoms with van der Waals surface area (Å²) in [7, 11) is 2.99. The number of aryl methyl sites for hydroxylation is 1. The van der Waals surface area contributed by atoms with Crippen LogP contribution in [0, 0.1) is 0 Å². The Morgan fingerprint density at radius 2 is 1.84 bits per heavy atom. The van der Waals surface area contributed by atoms with Crippen molar-refractivity contribution in [2.45, 2.75) is 25.2 Å². The summed E-state index contributed by atoms with van der Waals surface area (Å²) in [5.74, 6) is -0.354. The summed E-state index contributed by atoms with van der Waals surface area (Å²) in [6, 6.07) is 15.0. The predicted octanol–water partition coefficient (Wildman–Crippen LogP) is 3.38. The summed E-state index contributed by atoms with van der Waals surface area (Å²) in [5.41, 5.74) is 3.58. The monoisotopic (exact) mass is 338 g/mol. The van der Waals surface area contributed by atoms with Crippen molar-refractivity contribution >= 4 is 17.5 Å². The fourth-order valence-electron chi connectivity index (χ4n) is 3.22. The van der Waals surface area contributed by atoms with E-state index in [1.165, 1.54) is 12.7 Å². The highest BCUT2D eigenvalue weighted by Crippen LogP contribution is 2.32. The lowest BCUT2D eigenvalue weighted by atomic mass is 9.82. The fourth-order valence-corrected chi connectivity index (χ4v) is 3.22. The molecule has 2 amide bonds. The van der Waals surface area contributed by atoms with E-state index in [0.29, 0.717) is 11.3 Å². The molecule has 0 fully saturated rings. The van der Waals surface area contributed by atoms with Crippen molar-refractivity contribution in [3.63, 3.8) is 0 Å². The molecular weight excluding hydrogens is 316 g/mol. The number of hydroxylamine groups is 2. The Hall–Kier alpha value is -2.66. The number of nitrogens with one attached hydrogen (secondary N) is 1. The lowest BCUT2D eigenvalue weighted by Crippen LogP contribution is -2.26. The molecule has 1 unspecified atom stereocenters. The van der Waals surface area contributed by atoms with E-state index in [2.05, 4.69) is 11.4 Å². The number of anilines is 1. The molecule has 5 heteroatoms. The maximum absolute atomic E-state index is 12.7. The van der Waals surface area contributed by atoms with Gasteiger partial charge in [-0.1, -0.05) is 24.3 Å². The number of nitrogens with zero attached hydrogens (tertiary/aromatic N) is 1. The molecule has 0 spiro atoms. The summed E-state index contributed by atoms with van der Waals surface area (Å²) in [4.78, 5) is 29.6. The lowest BCUT2D eigenvalue weighted by molar-refractivity contribution is -0.117. The van der Waals surface area contributed by atoms with Gasteiger partial charge in [-0.25, -0.2) is 5.06 Å². The zero-order valence-electron chi connectivity index (χ0n) is 14.5. The minimum absolute atomic E-state index is 0.000219. The highest BCUT2D eigenvalue weighted by atomic mass is 16.7. The second-order valence-electron chi connectivity index (χ2n) is 6.20. The molecule has 3 rings (SSSR count). The first kappa shape index (κ1) is 17.2. The molecule has 0 bridgehead atoms. The first-order valence-corrected chi connectivity index (χ1v) is 8.41. The summed E-state index contributed by atoms with van der Waals surface area (Å²) in [6.45, 7) is 0. The molecule has 0 radical (unpaired) electrons. The van der Waals surface area contributed by atoms with Gasteiger partial charge in [0.15, 0.2) is 0 Å². The molecule has 0 heterocycles. The highest BCUT2D eigenvalue weighted by molar-refractivity contribution is 5.97. The molecule has 0 aromatic heterocycles. The van der Waals surface area contributed by atoms with Crippen LogP contribution in [0.25, 0.3) is 0 Å². The van der Waals surface area contributed by atoms with Gasteiger partial charge in [-0.2, -0.15) is 0 Å². The van der Waals surface area contributed by atoms with Crippen LogP contribution in [0.15, 0.2) is 48.5 Å². The van der Waals surface area contributed by atoms with Crippen molar-refractivity contribution in [1.29, 1.82) is 0 Å². The molecule has 1 aliphatic carbocycles. The Labute approximate surface area is 147 Å². The zero-order valence-corrected chi connectivity index (χ0v) is 14.5. The van der Waals surface area contributed by atoms with E-state index in [9.17, 15) is 9.59 Å². The van der Waals surface area contributed by atoms with Crippen LogP contribution in [0.5, 0.6) is 0 Å². The molecule has 2 aromatic rings. The van der Waals surface area contributed by atoms with Gasteiger partial charge < -0.3 is 5.32 Å². The SMILES string of the molecule is CON(C)C(=O)c1ccc(NC(=O)C2CCCc3ccccc32)cc1. The molecular formula is C20H22N2O3. The molecule has 1 N–H and O–H groups in total. The van der Waals surface area contributed by atoms with E-state index < -0.39 is 0 Å². The summed E-state index contributed by atoms with van der Waals surface area (Å²) >= 11 is 0.